The van der Waals surface area contributed by atoms with Crippen LogP contribution in [0.5, 0.6) is 0 Å². The maximum Gasteiger partial charge on any atom is 0.495 e. The third-order valence-corrected chi connectivity index (χ3v) is 12.5. The Kier molecular flexibility index (Phi) is 8.25. The van der Waals surface area contributed by atoms with Crippen molar-refractivity contribution < 1.29 is 37.2 Å². The van der Waals surface area contributed by atoms with Crippen LogP contribution >= 0.6 is 0 Å². The normalized spacial score (nSPS) is 27.2. The van der Waals surface area contributed by atoms with Crippen molar-refractivity contribution in [1.29, 1.82) is 0 Å². The molecule has 0 unspecified atom stereocenters. The summed E-state index contributed by atoms with van der Waals surface area (Å²) in [6.07, 6.45) is 0. The fourth-order valence-corrected chi connectivity index (χ4v) is 6.43. The first kappa shape index (κ1) is 36.2. The van der Waals surface area contributed by atoms with E-state index in [1.807, 2.05) is 18.2 Å². The summed E-state index contributed by atoms with van der Waals surface area (Å²) < 4.78 is 54.9. The quantitative estimate of drug-likeness (QED) is 0.434. The van der Waals surface area contributed by atoms with Crippen LogP contribution < -0.4 is 21.9 Å². The van der Waals surface area contributed by atoms with Crippen molar-refractivity contribution in [3.05, 3.63) is 36.4 Å². The van der Waals surface area contributed by atoms with Gasteiger partial charge in [0.1, 0.15) is 0 Å². The van der Waals surface area contributed by atoms with Crippen LogP contribution in [0.15, 0.2) is 36.4 Å². The zero-order chi connectivity index (χ0) is 35.7. The van der Waals surface area contributed by atoms with Crippen LogP contribution in [0.1, 0.15) is 111 Å². The van der Waals surface area contributed by atoms with Gasteiger partial charge >= 0.3 is 28.5 Å². The van der Waals surface area contributed by atoms with Crippen LogP contribution in [-0.4, -0.2) is 73.3 Å². The smallest absolute Gasteiger partial charge is 0.399 e. The highest BCUT2D eigenvalue weighted by atomic mass is 16.7. The lowest BCUT2D eigenvalue weighted by molar-refractivity contribution is 0.00578. The minimum atomic E-state index is -0.817. The van der Waals surface area contributed by atoms with Gasteiger partial charge in [0.2, 0.25) is 0 Å². The van der Waals surface area contributed by atoms with E-state index in [0.29, 0.717) is 0 Å². The van der Waals surface area contributed by atoms with E-state index in [0.717, 1.165) is 33.0 Å². The molecule has 4 saturated heterocycles. The zero-order valence-electron chi connectivity index (χ0n) is 32.0. The predicted octanol–water partition coefficient (Wildman–Crippen LogP) is 4.55. The molecule has 0 N–H and O–H groups in total. The Morgan fingerprint density at radius 3 is 1.00 bits per heavy atom. The Hall–Kier alpha value is -1.62. The summed E-state index contributed by atoms with van der Waals surface area (Å²) in [7, 11) is -3.11. The first-order chi connectivity index (χ1) is 21.7. The third kappa shape index (κ3) is 5.58. The van der Waals surface area contributed by atoms with Crippen molar-refractivity contribution in [2.75, 3.05) is 0 Å². The van der Waals surface area contributed by atoms with Crippen LogP contribution in [0.4, 0.5) is 0 Å². The van der Waals surface area contributed by atoms with Crippen LogP contribution in [0, 0.1) is 0 Å². The molecular formula is C36H54B4O8. The van der Waals surface area contributed by atoms with Gasteiger partial charge in [0.25, 0.3) is 0 Å². The zero-order valence-corrected chi connectivity index (χ0v) is 32.0. The molecule has 0 bridgehead atoms. The van der Waals surface area contributed by atoms with Crippen molar-refractivity contribution >= 4 is 50.3 Å². The lowest BCUT2D eigenvalue weighted by atomic mass is 9.51. The van der Waals surface area contributed by atoms with E-state index in [9.17, 15) is 0 Å². The standard InChI is InChI=1S/C36H54B4O8/c1-29(2)30(3,4)42-37(41-29)25-22-24(23-20-18-17-19-21-23)26(38-43-31(5,6)32(7,8)44-38)28(40-47-35(13,14)36(15,16)48-40)27(25)39-45-33(9,10)34(11,12)46-39/h17-22H,1-16H3. The van der Waals surface area contributed by atoms with Crippen LogP contribution in [0.2, 0.25) is 0 Å². The van der Waals surface area contributed by atoms with Gasteiger partial charge in [-0.15, -0.1) is 0 Å². The van der Waals surface area contributed by atoms with E-state index in [1.165, 1.54) is 0 Å². The van der Waals surface area contributed by atoms with Crippen molar-refractivity contribution in [1.82, 2.24) is 0 Å². The first-order valence-electron chi connectivity index (χ1n) is 17.4. The van der Waals surface area contributed by atoms with Crippen LogP contribution in [0.25, 0.3) is 11.1 Å². The fraction of sp³-hybridized carbons (Fsp3) is 0.667. The van der Waals surface area contributed by atoms with Gasteiger partial charge in [-0.1, -0.05) is 36.4 Å². The van der Waals surface area contributed by atoms with E-state index in [-0.39, 0.29) is 0 Å². The molecule has 0 aromatic heterocycles. The van der Waals surface area contributed by atoms with E-state index < -0.39 is 73.3 Å². The lowest BCUT2D eigenvalue weighted by Gasteiger charge is -2.32. The Labute approximate surface area is 290 Å². The van der Waals surface area contributed by atoms with Gasteiger partial charge < -0.3 is 37.2 Å². The summed E-state index contributed by atoms with van der Waals surface area (Å²) in [6, 6.07) is 12.4. The molecule has 6 rings (SSSR count). The number of hydrogen-bond donors (Lipinski definition) is 0. The fourth-order valence-electron chi connectivity index (χ4n) is 6.43. The van der Waals surface area contributed by atoms with Crippen molar-refractivity contribution in [2.24, 2.45) is 0 Å². The lowest BCUT2D eigenvalue weighted by Crippen LogP contribution is -2.68. The molecule has 258 valence electrons. The second-order valence-electron chi connectivity index (χ2n) is 18.0. The van der Waals surface area contributed by atoms with Gasteiger partial charge in [0, 0.05) is 0 Å². The topological polar surface area (TPSA) is 73.8 Å². The predicted molar refractivity (Wildman–Crippen MR) is 195 cm³/mol. The third-order valence-electron chi connectivity index (χ3n) is 12.5. The van der Waals surface area contributed by atoms with Gasteiger partial charge in [0.15, 0.2) is 0 Å². The van der Waals surface area contributed by atoms with Gasteiger partial charge in [-0.3, -0.25) is 0 Å². The molecule has 48 heavy (non-hydrogen) atoms. The molecular weight excluding hydrogens is 604 g/mol. The first-order valence-corrected chi connectivity index (χ1v) is 17.4. The second-order valence-corrected chi connectivity index (χ2v) is 18.0. The summed E-state index contributed by atoms with van der Waals surface area (Å²) in [4.78, 5) is 0. The molecule has 2 aromatic carbocycles. The highest BCUT2D eigenvalue weighted by Crippen LogP contribution is 2.42. The highest BCUT2D eigenvalue weighted by molar-refractivity contribution is 6.86. The molecule has 0 atom stereocenters. The van der Waals surface area contributed by atoms with Crippen molar-refractivity contribution in [2.45, 2.75) is 156 Å². The maximum absolute atomic E-state index is 6.92. The summed E-state index contributed by atoms with van der Waals surface area (Å²) in [5.74, 6) is 0. The van der Waals surface area contributed by atoms with Gasteiger partial charge in [-0.2, -0.15) is 0 Å². The van der Waals surface area contributed by atoms with Crippen LogP contribution in [-0.2, 0) is 37.2 Å². The molecule has 0 aliphatic carbocycles. The maximum atomic E-state index is 6.92. The highest BCUT2D eigenvalue weighted by Gasteiger charge is 2.62. The molecule has 0 spiro atoms. The Morgan fingerprint density at radius 2 is 0.646 bits per heavy atom. The molecule has 4 fully saturated rings. The van der Waals surface area contributed by atoms with E-state index >= 15 is 0 Å². The van der Waals surface area contributed by atoms with E-state index in [4.69, 9.17) is 37.2 Å². The minimum absolute atomic E-state index is 0.591. The van der Waals surface area contributed by atoms with Crippen molar-refractivity contribution in [3.63, 3.8) is 0 Å². The minimum Gasteiger partial charge on any atom is -0.399 e. The molecule has 2 aromatic rings. The number of hydrogen-bond acceptors (Lipinski definition) is 8. The summed E-state index contributed by atoms with van der Waals surface area (Å²) in [5, 5.41) is 0. The number of rotatable bonds is 5. The molecule has 4 aliphatic rings. The van der Waals surface area contributed by atoms with E-state index in [2.05, 4.69) is 129 Å². The van der Waals surface area contributed by atoms with Crippen molar-refractivity contribution in [3.8, 4) is 11.1 Å². The number of benzene rings is 2. The molecule has 8 nitrogen and oxygen atoms in total. The Morgan fingerprint density at radius 1 is 0.354 bits per heavy atom. The summed E-state index contributed by atoms with van der Waals surface area (Å²) in [5.41, 5.74) is 0.0757. The molecule has 12 heteroatoms. The average Bonchev–Trinajstić information content (AvgIpc) is 3.48. The average molecular weight is 658 g/mol. The largest absolute Gasteiger partial charge is 0.495 e. The molecule has 0 radical (unpaired) electrons. The second kappa shape index (κ2) is 10.9. The SMILES string of the molecule is CC1(C)OB(c2cc(-c3ccccc3)c(B3OC(C)(C)C(C)(C)O3)c(B3OC(C)(C)C(C)(C)O3)c2B2OC(C)(C)C(C)(C)O2)OC1(C)C. The Bertz CT molecular complexity index is 1520. The van der Waals surface area contributed by atoms with Gasteiger partial charge in [-0.25, -0.2) is 0 Å². The van der Waals surface area contributed by atoms with Crippen LogP contribution in [0.3, 0.4) is 0 Å². The van der Waals surface area contributed by atoms with E-state index in [1.54, 1.807) is 0 Å². The van der Waals surface area contributed by atoms with Gasteiger partial charge in [0.05, 0.1) is 44.8 Å². The monoisotopic (exact) mass is 658 g/mol. The Balaban J connectivity index is 1.73. The van der Waals surface area contributed by atoms with Gasteiger partial charge in [-0.05, 0) is 144 Å². The molecule has 4 aliphatic heterocycles. The summed E-state index contributed by atoms with van der Waals surface area (Å²) >= 11 is 0. The molecule has 0 saturated carbocycles. The molecule has 4 heterocycles. The molecule has 0 amide bonds. The summed E-state index contributed by atoms with van der Waals surface area (Å²) in [6.45, 7) is 33.0.